The zero-order valence-corrected chi connectivity index (χ0v) is 9.63. The molecule has 3 N–H and O–H groups in total. The fraction of sp³-hybridized carbons (Fsp3) is 0.444. The molecular formula is C9H13BrN4. The lowest BCUT2D eigenvalue weighted by Gasteiger charge is -2.31. The Morgan fingerprint density at radius 1 is 1.71 bits per heavy atom. The zero-order chi connectivity index (χ0) is 10.1. The van der Waals surface area contributed by atoms with E-state index in [4.69, 9.17) is 5.73 Å². The van der Waals surface area contributed by atoms with Gasteiger partial charge >= 0.3 is 0 Å². The van der Waals surface area contributed by atoms with Crippen LogP contribution in [-0.2, 0) is 0 Å². The van der Waals surface area contributed by atoms with Crippen molar-refractivity contribution in [2.45, 2.75) is 6.92 Å². The van der Waals surface area contributed by atoms with E-state index in [0.29, 0.717) is 6.67 Å². The van der Waals surface area contributed by atoms with Gasteiger partial charge in [-0.25, -0.2) is 4.98 Å². The van der Waals surface area contributed by atoms with Crippen LogP contribution in [0.5, 0.6) is 0 Å². The van der Waals surface area contributed by atoms with Crippen LogP contribution in [0.4, 0.5) is 11.5 Å². The maximum atomic E-state index is 5.69. The highest BCUT2D eigenvalue weighted by Crippen LogP contribution is 2.33. The summed E-state index contributed by atoms with van der Waals surface area (Å²) in [6, 6.07) is 0. The highest BCUT2D eigenvalue weighted by atomic mass is 79.9. The Balaban J connectivity index is 2.53. The molecule has 0 aliphatic carbocycles. The van der Waals surface area contributed by atoms with E-state index in [1.54, 1.807) is 0 Å². The van der Waals surface area contributed by atoms with E-state index in [-0.39, 0.29) is 0 Å². The Labute approximate surface area is 91.6 Å². The lowest BCUT2D eigenvalue weighted by molar-refractivity contribution is 0.786. The number of hydrogen-bond acceptors (Lipinski definition) is 4. The van der Waals surface area contributed by atoms with Crippen LogP contribution in [0.3, 0.4) is 0 Å². The van der Waals surface area contributed by atoms with E-state index < -0.39 is 0 Å². The van der Waals surface area contributed by atoms with Gasteiger partial charge in [-0.05, 0) is 28.4 Å². The topological polar surface area (TPSA) is 54.2 Å². The molecule has 0 spiro atoms. The number of pyridine rings is 1. The molecule has 14 heavy (non-hydrogen) atoms. The average molecular weight is 257 g/mol. The van der Waals surface area contributed by atoms with Gasteiger partial charge in [0, 0.05) is 23.8 Å². The van der Waals surface area contributed by atoms with E-state index in [1.807, 2.05) is 6.20 Å². The van der Waals surface area contributed by atoms with Crippen LogP contribution in [0.25, 0.3) is 0 Å². The number of anilines is 2. The third-order valence-electron chi connectivity index (χ3n) is 2.46. The van der Waals surface area contributed by atoms with Crippen LogP contribution in [0.1, 0.15) is 5.56 Å². The van der Waals surface area contributed by atoms with Gasteiger partial charge in [-0.15, -0.1) is 0 Å². The summed E-state index contributed by atoms with van der Waals surface area (Å²) < 4.78 is 1.03. The molecule has 5 heteroatoms. The largest absolute Gasteiger partial charge is 0.367 e. The fourth-order valence-electron chi connectivity index (χ4n) is 1.69. The van der Waals surface area contributed by atoms with Gasteiger partial charge in [-0.2, -0.15) is 0 Å². The highest BCUT2D eigenvalue weighted by Gasteiger charge is 2.19. The number of fused-ring (bicyclic) bond motifs is 1. The molecule has 0 fully saturated rings. The Kier molecular flexibility index (Phi) is 2.60. The number of nitrogens with zero attached hydrogens (tertiary/aromatic N) is 2. The van der Waals surface area contributed by atoms with Crippen molar-refractivity contribution in [3.63, 3.8) is 0 Å². The van der Waals surface area contributed by atoms with Crippen molar-refractivity contribution in [2.75, 3.05) is 30.0 Å². The molecule has 0 aromatic carbocycles. The number of halogens is 1. The van der Waals surface area contributed by atoms with Gasteiger partial charge in [0.2, 0.25) is 0 Å². The summed E-state index contributed by atoms with van der Waals surface area (Å²) >= 11 is 3.47. The summed E-state index contributed by atoms with van der Waals surface area (Å²) in [5, 5.41) is 3.27. The Morgan fingerprint density at radius 3 is 3.21 bits per heavy atom. The minimum atomic E-state index is 0.535. The first-order chi connectivity index (χ1) is 6.74. The van der Waals surface area contributed by atoms with E-state index in [2.05, 4.69) is 38.1 Å². The molecule has 0 saturated carbocycles. The monoisotopic (exact) mass is 256 g/mol. The van der Waals surface area contributed by atoms with Crippen LogP contribution in [-0.4, -0.2) is 24.7 Å². The SMILES string of the molecule is Cc1c(Br)cnc2c1N(CN)CCN2. The predicted molar refractivity (Wildman–Crippen MR) is 61.6 cm³/mol. The summed E-state index contributed by atoms with van der Waals surface area (Å²) in [6.45, 7) is 4.44. The van der Waals surface area contributed by atoms with Crippen LogP contribution in [0.15, 0.2) is 10.7 Å². The minimum Gasteiger partial charge on any atom is -0.367 e. The molecule has 4 nitrogen and oxygen atoms in total. The van der Waals surface area contributed by atoms with Gasteiger partial charge in [0.1, 0.15) is 5.82 Å². The molecule has 0 atom stereocenters. The van der Waals surface area contributed by atoms with Gasteiger partial charge in [0.15, 0.2) is 0 Å². The maximum Gasteiger partial charge on any atom is 0.150 e. The summed E-state index contributed by atoms with van der Waals surface area (Å²) in [6.07, 6.45) is 1.82. The molecule has 1 aromatic heterocycles. The van der Waals surface area contributed by atoms with Gasteiger partial charge in [-0.1, -0.05) is 0 Å². The Bertz CT molecular complexity index is 353. The lowest BCUT2D eigenvalue weighted by atomic mass is 10.2. The molecule has 76 valence electrons. The van der Waals surface area contributed by atoms with Gasteiger partial charge < -0.3 is 16.0 Å². The lowest BCUT2D eigenvalue weighted by Crippen LogP contribution is -2.38. The third kappa shape index (κ3) is 1.46. The van der Waals surface area contributed by atoms with Crippen molar-refractivity contribution >= 4 is 27.4 Å². The molecular weight excluding hydrogens is 244 g/mol. The number of nitrogens with two attached hydrogens (primary N) is 1. The molecule has 0 amide bonds. The normalized spacial score (nSPS) is 14.9. The van der Waals surface area contributed by atoms with Crippen LogP contribution in [0.2, 0.25) is 0 Å². The third-order valence-corrected chi connectivity index (χ3v) is 3.26. The smallest absolute Gasteiger partial charge is 0.150 e. The van der Waals surface area contributed by atoms with E-state index in [9.17, 15) is 0 Å². The molecule has 2 heterocycles. The molecule has 0 bridgehead atoms. The first kappa shape index (κ1) is 9.73. The van der Waals surface area contributed by atoms with Crippen molar-refractivity contribution in [3.05, 3.63) is 16.2 Å². The van der Waals surface area contributed by atoms with Crippen molar-refractivity contribution in [3.8, 4) is 0 Å². The predicted octanol–water partition coefficient (Wildman–Crippen LogP) is 1.30. The number of rotatable bonds is 1. The maximum absolute atomic E-state index is 5.69. The second kappa shape index (κ2) is 3.74. The summed E-state index contributed by atoms with van der Waals surface area (Å²) in [7, 11) is 0. The van der Waals surface area contributed by atoms with E-state index in [1.165, 1.54) is 5.56 Å². The van der Waals surface area contributed by atoms with E-state index >= 15 is 0 Å². The molecule has 1 aliphatic rings. The van der Waals surface area contributed by atoms with Gasteiger partial charge in [0.05, 0.1) is 12.4 Å². The molecule has 2 rings (SSSR count). The average Bonchev–Trinajstić information content (AvgIpc) is 2.23. The van der Waals surface area contributed by atoms with Gasteiger partial charge in [-0.3, -0.25) is 0 Å². The Morgan fingerprint density at radius 2 is 2.50 bits per heavy atom. The number of aromatic nitrogens is 1. The van der Waals surface area contributed by atoms with Crippen molar-refractivity contribution in [1.82, 2.24) is 4.98 Å². The first-order valence-electron chi connectivity index (χ1n) is 4.58. The van der Waals surface area contributed by atoms with E-state index in [0.717, 1.165) is 29.1 Å². The standard InChI is InChI=1S/C9H13BrN4/c1-6-7(10)4-13-9-8(6)14(5-11)3-2-12-9/h4H,2-3,5,11H2,1H3,(H,12,13). The van der Waals surface area contributed by atoms with Crippen molar-refractivity contribution in [2.24, 2.45) is 5.73 Å². The van der Waals surface area contributed by atoms with Crippen LogP contribution < -0.4 is 16.0 Å². The summed E-state index contributed by atoms with van der Waals surface area (Å²) in [5.41, 5.74) is 8.00. The van der Waals surface area contributed by atoms with Crippen LogP contribution in [0, 0.1) is 6.92 Å². The summed E-state index contributed by atoms with van der Waals surface area (Å²) in [5.74, 6) is 0.933. The molecule has 1 aliphatic heterocycles. The minimum absolute atomic E-state index is 0.535. The van der Waals surface area contributed by atoms with Crippen molar-refractivity contribution in [1.29, 1.82) is 0 Å². The number of nitrogens with one attached hydrogen (secondary N) is 1. The second-order valence-corrected chi connectivity index (χ2v) is 4.16. The highest BCUT2D eigenvalue weighted by molar-refractivity contribution is 9.10. The fourth-order valence-corrected chi connectivity index (χ4v) is 1.98. The molecule has 0 radical (unpaired) electrons. The Hall–Kier alpha value is -0.810. The van der Waals surface area contributed by atoms with Crippen molar-refractivity contribution < 1.29 is 0 Å². The first-order valence-corrected chi connectivity index (χ1v) is 5.37. The molecule has 0 unspecified atom stereocenters. The zero-order valence-electron chi connectivity index (χ0n) is 8.05. The summed E-state index contributed by atoms with van der Waals surface area (Å²) in [4.78, 5) is 6.46. The van der Waals surface area contributed by atoms with Gasteiger partial charge in [0.25, 0.3) is 0 Å². The quantitative estimate of drug-likeness (QED) is 0.796. The number of hydrogen-bond donors (Lipinski definition) is 2. The molecule has 0 saturated heterocycles. The molecule has 1 aromatic rings. The second-order valence-electron chi connectivity index (χ2n) is 3.30. The van der Waals surface area contributed by atoms with Crippen LogP contribution >= 0.6 is 15.9 Å².